The van der Waals surface area contributed by atoms with Crippen LogP contribution in [0.1, 0.15) is 13.8 Å². The van der Waals surface area contributed by atoms with Crippen LogP contribution in [0.4, 0.5) is 0 Å². The van der Waals surface area contributed by atoms with E-state index < -0.39 is 5.97 Å². The first-order chi connectivity index (χ1) is 6.37. The highest BCUT2D eigenvalue weighted by Gasteiger charge is 2.37. The van der Waals surface area contributed by atoms with E-state index in [1.165, 1.54) is 0 Å². The molecule has 1 aliphatic heterocycles. The summed E-state index contributed by atoms with van der Waals surface area (Å²) in [6.45, 7) is 4.30. The van der Waals surface area contributed by atoms with Gasteiger partial charge in [0.05, 0.1) is 13.2 Å². The van der Waals surface area contributed by atoms with Crippen molar-refractivity contribution in [1.82, 2.24) is 4.90 Å². The number of hydrogen-bond donors (Lipinski definition) is 1. The van der Waals surface area contributed by atoms with Crippen LogP contribution >= 0.6 is 0 Å². The van der Waals surface area contributed by atoms with Crippen LogP contribution in [0.2, 0.25) is 0 Å². The maximum atomic E-state index is 10.7. The molecule has 0 bridgehead atoms. The van der Waals surface area contributed by atoms with E-state index in [4.69, 9.17) is 5.11 Å². The minimum absolute atomic E-state index is 0.134. The molecule has 1 heterocycles. The number of carboxylic acids is 1. The van der Waals surface area contributed by atoms with Crippen molar-refractivity contribution in [3.8, 4) is 0 Å². The molecule has 4 nitrogen and oxygen atoms in total. The Balaban J connectivity index is 2.88. The van der Waals surface area contributed by atoms with Gasteiger partial charge in [0, 0.05) is 13.0 Å². The van der Waals surface area contributed by atoms with E-state index in [1.54, 1.807) is 0 Å². The van der Waals surface area contributed by atoms with Gasteiger partial charge in [0.1, 0.15) is 6.17 Å². The lowest BCUT2D eigenvalue weighted by atomic mass is 10.1. The summed E-state index contributed by atoms with van der Waals surface area (Å²) in [4.78, 5) is 12.9. The molecule has 4 heteroatoms. The van der Waals surface area contributed by atoms with Crippen LogP contribution < -0.4 is 0 Å². The Morgan fingerprint density at radius 2 is 2.14 bits per heavy atom. The second-order valence-corrected chi connectivity index (χ2v) is 4.28. The van der Waals surface area contributed by atoms with Crippen molar-refractivity contribution in [2.45, 2.75) is 26.1 Å². The van der Waals surface area contributed by atoms with Crippen molar-refractivity contribution in [1.29, 1.82) is 0 Å². The average Bonchev–Trinajstić information content (AvgIpc) is 2.08. The number of carboxylic acid groups (broad SMARTS) is 1. The van der Waals surface area contributed by atoms with Gasteiger partial charge in [-0.1, -0.05) is 0 Å². The van der Waals surface area contributed by atoms with Gasteiger partial charge < -0.3 is 5.11 Å². The standard InChI is InChI=1S/C10H18N2O2/c1-8-5-6-12(4,7-10(13)14)9(2)11(8)3/h5-6,8-9H,7H2,1-4H3/p+1. The number of aliphatic carboxylic acids is 1. The molecule has 80 valence electrons. The molecule has 0 saturated carbocycles. The quantitative estimate of drug-likeness (QED) is 0.666. The summed E-state index contributed by atoms with van der Waals surface area (Å²) in [7, 11) is 3.97. The number of quaternary nitrogens is 1. The fourth-order valence-corrected chi connectivity index (χ4v) is 1.81. The summed E-state index contributed by atoms with van der Waals surface area (Å²) in [5.41, 5.74) is 0. The highest BCUT2D eigenvalue weighted by atomic mass is 16.4. The van der Waals surface area contributed by atoms with Crippen molar-refractivity contribution >= 4 is 5.97 Å². The Morgan fingerprint density at radius 1 is 1.57 bits per heavy atom. The molecule has 14 heavy (non-hydrogen) atoms. The summed E-state index contributed by atoms with van der Waals surface area (Å²) in [6.07, 6.45) is 4.25. The van der Waals surface area contributed by atoms with Crippen LogP contribution in [0.5, 0.6) is 0 Å². The second kappa shape index (κ2) is 3.71. The van der Waals surface area contributed by atoms with Crippen LogP contribution in [-0.2, 0) is 4.79 Å². The molecule has 3 unspecified atom stereocenters. The Bertz CT molecular complexity index is 265. The summed E-state index contributed by atoms with van der Waals surface area (Å²) in [5, 5.41) is 8.83. The number of hydrogen-bond acceptors (Lipinski definition) is 2. The van der Waals surface area contributed by atoms with E-state index in [1.807, 2.05) is 20.3 Å². The molecule has 0 aromatic carbocycles. The van der Waals surface area contributed by atoms with E-state index >= 15 is 0 Å². The molecule has 0 amide bonds. The average molecular weight is 199 g/mol. The Labute approximate surface area is 85.0 Å². The Morgan fingerprint density at radius 3 is 2.64 bits per heavy atom. The van der Waals surface area contributed by atoms with Gasteiger partial charge in [-0.05, 0) is 20.0 Å². The van der Waals surface area contributed by atoms with E-state index in [-0.39, 0.29) is 12.7 Å². The second-order valence-electron chi connectivity index (χ2n) is 4.28. The van der Waals surface area contributed by atoms with Gasteiger partial charge in [0.25, 0.3) is 0 Å². The number of nitrogens with zero attached hydrogens (tertiary/aromatic N) is 2. The largest absolute Gasteiger partial charge is 0.477 e. The molecule has 0 fully saturated rings. The topological polar surface area (TPSA) is 40.5 Å². The normalized spacial score (nSPS) is 38.6. The van der Waals surface area contributed by atoms with Gasteiger partial charge in [0.15, 0.2) is 6.54 Å². The first kappa shape index (κ1) is 11.2. The van der Waals surface area contributed by atoms with E-state index in [2.05, 4.69) is 24.8 Å². The van der Waals surface area contributed by atoms with Gasteiger partial charge >= 0.3 is 5.97 Å². The smallest absolute Gasteiger partial charge is 0.359 e. The predicted octanol–water partition coefficient (Wildman–Crippen LogP) is 0.711. The van der Waals surface area contributed by atoms with Crippen LogP contribution in [-0.4, -0.2) is 53.3 Å². The maximum Gasteiger partial charge on any atom is 0.359 e. The van der Waals surface area contributed by atoms with Crippen LogP contribution in [0.25, 0.3) is 0 Å². The van der Waals surface area contributed by atoms with Gasteiger partial charge in [-0.25, -0.2) is 4.79 Å². The van der Waals surface area contributed by atoms with E-state index in [9.17, 15) is 4.79 Å². The maximum absolute atomic E-state index is 10.7. The summed E-state index contributed by atoms with van der Waals surface area (Å²) in [5.74, 6) is -0.757. The van der Waals surface area contributed by atoms with Crippen LogP contribution in [0.15, 0.2) is 12.3 Å². The van der Waals surface area contributed by atoms with Crippen LogP contribution in [0.3, 0.4) is 0 Å². The number of rotatable bonds is 2. The Hall–Kier alpha value is -0.870. The van der Waals surface area contributed by atoms with E-state index in [0.717, 1.165) is 0 Å². The molecular weight excluding hydrogens is 180 g/mol. The molecule has 3 atom stereocenters. The predicted molar refractivity (Wildman–Crippen MR) is 54.5 cm³/mol. The van der Waals surface area contributed by atoms with Crippen LogP contribution in [0, 0.1) is 0 Å². The number of likely N-dealkylation sites (N-methyl/N-ethyl adjacent to an activating group) is 2. The fraction of sp³-hybridized carbons (Fsp3) is 0.700. The molecular formula is C10H19N2O2+. The molecule has 1 rings (SSSR count). The molecule has 1 aliphatic rings. The van der Waals surface area contributed by atoms with Crippen molar-refractivity contribution in [2.24, 2.45) is 0 Å². The van der Waals surface area contributed by atoms with Gasteiger partial charge in [-0.2, -0.15) is 0 Å². The summed E-state index contributed by atoms with van der Waals surface area (Å²) < 4.78 is 0.441. The number of carbonyl (C=O) groups is 1. The van der Waals surface area contributed by atoms with E-state index in [0.29, 0.717) is 10.5 Å². The molecule has 0 aromatic heterocycles. The van der Waals surface area contributed by atoms with Gasteiger partial charge in [0.2, 0.25) is 0 Å². The lowest BCUT2D eigenvalue weighted by molar-refractivity contribution is -0.891. The molecule has 0 spiro atoms. The molecule has 0 saturated heterocycles. The van der Waals surface area contributed by atoms with Crippen molar-refractivity contribution < 1.29 is 14.4 Å². The summed E-state index contributed by atoms with van der Waals surface area (Å²) in [6, 6.07) is 0.380. The van der Waals surface area contributed by atoms with Gasteiger partial charge in [-0.3, -0.25) is 9.38 Å². The zero-order valence-electron chi connectivity index (χ0n) is 9.27. The highest BCUT2D eigenvalue weighted by molar-refractivity contribution is 5.68. The molecule has 1 N–H and O–H groups in total. The highest BCUT2D eigenvalue weighted by Crippen LogP contribution is 2.21. The monoisotopic (exact) mass is 199 g/mol. The van der Waals surface area contributed by atoms with Crippen molar-refractivity contribution in [3.05, 3.63) is 12.3 Å². The molecule has 0 aromatic rings. The van der Waals surface area contributed by atoms with Crippen molar-refractivity contribution in [3.63, 3.8) is 0 Å². The molecule has 0 aliphatic carbocycles. The third kappa shape index (κ3) is 1.96. The van der Waals surface area contributed by atoms with Gasteiger partial charge in [-0.15, -0.1) is 0 Å². The fourth-order valence-electron chi connectivity index (χ4n) is 1.81. The SMILES string of the molecule is CC1C=C[N+](C)(CC(=O)O)C(C)N1C. The zero-order chi connectivity index (χ0) is 10.9. The third-order valence-electron chi connectivity index (χ3n) is 3.27. The first-order valence-electron chi connectivity index (χ1n) is 4.85. The van der Waals surface area contributed by atoms with Crippen molar-refractivity contribution in [2.75, 3.05) is 20.6 Å². The lowest BCUT2D eigenvalue weighted by Crippen LogP contribution is -2.60. The molecule has 0 radical (unpaired) electrons. The zero-order valence-corrected chi connectivity index (χ0v) is 9.27. The lowest BCUT2D eigenvalue weighted by Gasteiger charge is -2.44. The first-order valence-corrected chi connectivity index (χ1v) is 4.85. The minimum atomic E-state index is -0.757. The minimum Gasteiger partial charge on any atom is -0.477 e. The summed E-state index contributed by atoms with van der Waals surface area (Å²) >= 11 is 0. The Kier molecular flexibility index (Phi) is 2.97. The third-order valence-corrected chi connectivity index (χ3v) is 3.27.